The van der Waals surface area contributed by atoms with E-state index in [1.807, 2.05) is 30.3 Å². The second-order valence-corrected chi connectivity index (χ2v) is 7.49. The molecule has 1 aromatic carbocycles. The Morgan fingerprint density at radius 3 is 2.57 bits per heavy atom. The van der Waals surface area contributed by atoms with Crippen molar-refractivity contribution in [3.63, 3.8) is 0 Å². The Morgan fingerprint density at radius 1 is 1.09 bits per heavy atom. The van der Waals surface area contributed by atoms with Crippen LogP contribution in [-0.4, -0.2) is 47.9 Å². The predicted octanol–water partition coefficient (Wildman–Crippen LogP) is 3.94. The van der Waals surface area contributed by atoms with Gasteiger partial charge in [0, 0.05) is 29.7 Å². The first-order valence-corrected chi connectivity index (χ1v) is 9.48. The maximum absolute atomic E-state index is 12.5. The summed E-state index contributed by atoms with van der Waals surface area (Å²) in [6, 6.07) is 8.43. The Morgan fingerprint density at radius 2 is 1.83 bits per heavy atom. The van der Waals surface area contributed by atoms with Gasteiger partial charge in [-0.2, -0.15) is 0 Å². The number of rotatable bonds is 4. The Hall–Kier alpha value is -1.13. The van der Waals surface area contributed by atoms with Gasteiger partial charge in [0.25, 0.3) is 0 Å². The van der Waals surface area contributed by atoms with Crippen molar-refractivity contribution in [2.75, 3.05) is 26.2 Å². The van der Waals surface area contributed by atoms with Crippen molar-refractivity contribution in [2.45, 2.75) is 38.1 Å². The molecule has 1 unspecified atom stereocenters. The second kappa shape index (κ2) is 8.11. The molecule has 4 heteroatoms. The number of carbonyl (C=O) groups is 1. The fourth-order valence-electron chi connectivity index (χ4n) is 3.59. The highest BCUT2D eigenvalue weighted by atomic mass is 79.9. The molecule has 2 fully saturated rings. The Balaban J connectivity index is 1.57. The number of hydrogen-bond acceptors (Lipinski definition) is 2. The lowest BCUT2D eigenvalue weighted by molar-refractivity contribution is -0.127. The summed E-state index contributed by atoms with van der Waals surface area (Å²) in [6.07, 6.45) is 9.92. The van der Waals surface area contributed by atoms with E-state index in [1.165, 1.54) is 32.4 Å². The smallest absolute Gasteiger partial charge is 0.246 e. The van der Waals surface area contributed by atoms with Gasteiger partial charge in [-0.25, -0.2) is 0 Å². The van der Waals surface area contributed by atoms with Crippen molar-refractivity contribution in [1.82, 2.24) is 9.80 Å². The molecule has 2 aliphatic heterocycles. The van der Waals surface area contributed by atoms with Crippen molar-refractivity contribution in [1.29, 1.82) is 0 Å². The van der Waals surface area contributed by atoms with Crippen LogP contribution in [0.4, 0.5) is 0 Å². The Bertz CT molecular complexity index is 549. The lowest BCUT2D eigenvalue weighted by Gasteiger charge is -2.32. The first-order valence-electron chi connectivity index (χ1n) is 8.69. The van der Waals surface area contributed by atoms with Crippen molar-refractivity contribution in [3.05, 3.63) is 40.4 Å². The minimum atomic E-state index is 0.160. The third kappa shape index (κ3) is 4.67. The van der Waals surface area contributed by atoms with E-state index in [9.17, 15) is 4.79 Å². The molecule has 2 aliphatic rings. The van der Waals surface area contributed by atoms with E-state index in [2.05, 4.69) is 25.7 Å². The summed E-state index contributed by atoms with van der Waals surface area (Å²) in [4.78, 5) is 17.2. The quantitative estimate of drug-likeness (QED) is 0.742. The molecular weight excluding hydrogens is 352 g/mol. The SMILES string of the molecule is O=C(/C=C/c1ccc(Br)cc1)N1CCCC1CN1CCCCC1. The normalized spacial score (nSPS) is 22.8. The van der Waals surface area contributed by atoms with E-state index >= 15 is 0 Å². The van der Waals surface area contributed by atoms with Gasteiger partial charge in [0.1, 0.15) is 0 Å². The van der Waals surface area contributed by atoms with Crippen LogP contribution < -0.4 is 0 Å². The van der Waals surface area contributed by atoms with E-state index in [4.69, 9.17) is 0 Å². The average molecular weight is 377 g/mol. The van der Waals surface area contributed by atoms with Crippen LogP contribution >= 0.6 is 15.9 Å². The molecule has 0 aromatic heterocycles. The van der Waals surface area contributed by atoms with Gasteiger partial charge < -0.3 is 9.80 Å². The zero-order valence-corrected chi connectivity index (χ0v) is 15.2. The second-order valence-electron chi connectivity index (χ2n) is 6.57. The fraction of sp³-hybridized carbons (Fsp3) is 0.526. The molecule has 1 aromatic rings. The molecule has 23 heavy (non-hydrogen) atoms. The summed E-state index contributed by atoms with van der Waals surface area (Å²) < 4.78 is 1.06. The molecular formula is C19H25BrN2O. The average Bonchev–Trinajstić information content (AvgIpc) is 3.03. The number of halogens is 1. The van der Waals surface area contributed by atoms with Gasteiger partial charge in [-0.05, 0) is 62.5 Å². The molecule has 0 N–H and O–H groups in total. The molecule has 0 spiro atoms. The van der Waals surface area contributed by atoms with Gasteiger partial charge in [0.05, 0.1) is 0 Å². The monoisotopic (exact) mass is 376 g/mol. The first-order chi connectivity index (χ1) is 11.2. The number of carbonyl (C=O) groups excluding carboxylic acids is 1. The fourth-order valence-corrected chi connectivity index (χ4v) is 3.86. The van der Waals surface area contributed by atoms with Gasteiger partial charge in [-0.3, -0.25) is 4.79 Å². The third-order valence-corrected chi connectivity index (χ3v) is 5.39. The summed E-state index contributed by atoms with van der Waals surface area (Å²) >= 11 is 3.43. The summed E-state index contributed by atoms with van der Waals surface area (Å²) in [6.45, 7) is 4.36. The lowest BCUT2D eigenvalue weighted by Crippen LogP contribution is -2.44. The number of piperidine rings is 1. The number of likely N-dealkylation sites (tertiary alicyclic amines) is 2. The van der Waals surface area contributed by atoms with Gasteiger partial charge >= 0.3 is 0 Å². The van der Waals surface area contributed by atoms with E-state index in [0.717, 1.165) is 36.0 Å². The number of hydrogen-bond donors (Lipinski definition) is 0. The number of benzene rings is 1. The van der Waals surface area contributed by atoms with Gasteiger partial charge in [0.2, 0.25) is 5.91 Å². The van der Waals surface area contributed by atoms with Crippen LogP contribution in [-0.2, 0) is 4.79 Å². The number of amides is 1. The number of nitrogens with zero attached hydrogens (tertiary/aromatic N) is 2. The van der Waals surface area contributed by atoms with Crippen LogP contribution in [0.25, 0.3) is 6.08 Å². The van der Waals surface area contributed by atoms with Gasteiger partial charge in [-0.1, -0.05) is 34.5 Å². The van der Waals surface area contributed by atoms with Crippen LogP contribution in [0.15, 0.2) is 34.8 Å². The van der Waals surface area contributed by atoms with Crippen LogP contribution in [0.2, 0.25) is 0 Å². The molecule has 1 atom stereocenters. The van der Waals surface area contributed by atoms with Crippen LogP contribution in [0.1, 0.15) is 37.7 Å². The molecule has 2 heterocycles. The highest BCUT2D eigenvalue weighted by Gasteiger charge is 2.29. The molecule has 0 saturated carbocycles. The highest BCUT2D eigenvalue weighted by molar-refractivity contribution is 9.10. The van der Waals surface area contributed by atoms with E-state index in [-0.39, 0.29) is 5.91 Å². The van der Waals surface area contributed by atoms with Crippen LogP contribution in [0.3, 0.4) is 0 Å². The van der Waals surface area contributed by atoms with Crippen LogP contribution in [0, 0.1) is 0 Å². The van der Waals surface area contributed by atoms with Crippen molar-refractivity contribution >= 4 is 27.9 Å². The van der Waals surface area contributed by atoms with Crippen molar-refractivity contribution in [3.8, 4) is 0 Å². The minimum absolute atomic E-state index is 0.160. The lowest BCUT2D eigenvalue weighted by atomic mass is 10.1. The van der Waals surface area contributed by atoms with Crippen molar-refractivity contribution in [2.24, 2.45) is 0 Å². The Kier molecular flexibility index (Phi) is 5.90. The predicted molar refractivity (Wildman–Crippen MR) is 98.2 cm³/mol. The highest BCUT2D eigenvalue weighted by Crippen LogP contribution is 2.21. The molecule has 0 bridgehead atoms. The van der Waals surface area contributed by atoms with Gasteiger partial charge in [-0.15, -0.1) is 0 Å². The molecule has 124 valence electrons. The zero-order chi connectivity index (χ0) is 16.1. The summed E-state index contributed by atoms with van der Waals surface area (Å²) in [5.41, 5.74) is 1.06. The molecule has 3 rings (SSSR count). The standard InChI is InChI=1S/C19H25BrN2O/c20-17-9-6-16(7-10-17)8-11-19(23)22-14-4-5-18(22)15-21-12-2-1-3-13-21/h6-11,18H,1-5,12-15H2/b11-8+. The molecule has 2 saturated heterocycles. The van der Waals surface area contributed by atoms with Crippen LogP contribution in [0.5, 0.6) is 0 Å². The zero-order valence-electron chi connectivity index (χ0n) is 13.6. The van der Waals surface area contributed by atoms with Gasteiger partial charge in [0.15, 0.2) is 0 Å². The maximum Gasteiger partial charge on any atom is 0.246 e. The largest absolute Gasteiger partial charge is 0.335 e. The maximum atomic E-state index is 12.5. The minimum Gasteiger partial charge on any atom is -0.335 e. The molecule has 0 radical (unpaired) electrons. The molecule has 3 nitrogen and oxygen atoms in total. The summed E-state index contributed by atoms with van der Waals surface area (Å²) in [5.74, 6) is 0.160. The van der Waals surface area contributed by atoms with E-state index < -0.39 is 0 Å². The third-order valence-electron chi connectivity index (χ3n) is 4.87. The Labute approximate surface area is 147 Å². The topological polar surface area (TPSA) is 23.6 Å². The first kappa shape index (κ1) is 16.7. The summed E-state index contributed by atoms with van der Waals surface area (Å²) in [7, 11) is 0. The van der Waals surface area contributed by atoms with Crippen molar-refractivity contribution < 1.29 is 4.79 Å². The van der Waals surface area contributed by atoms with E-state index in [0.29, 0.717) is 6.04 Å². The van der Waals surface area contributed by atoms with E-state index in [1.54, 1.807) is 6.08 Å². The summed E-state index contributed by atoms with van der Waals surface area (Å²) in [5, 5.41) is 0. The molecule has 1 amide bonds. The molecule has 0 aliphatic carbocycles.